The van der Waals surface area contributed by atoms with E-state index in [4.69, 9.17) is 4.42 Å². The Balaban J connectivity index is 1.61. The maximum Gasteiger partial charge on any atom is 0.224 e. The standard InChI is InChI=1S/C21H20FNO2S/c22-19-10-4-5-11-20(19)26-14-12-21(24)23(16-18-9-6-13-25-18)15-17-7-2-1-3-8-17/h1-11,13H,12,14-16H2. The zero-order chi connectivity index (χ0) is 18.2. The monoisotopic (exact) mass is 369 g/mol. The average molecular weight is 369 g/mol. The highest BCUT2D eigenvalue weighted by Crippen LogP contribution is 2.22. The molecule has 0 aliphatic rings. The van der Waals surface area contributed by atoms with Gasteiger partial charge < -0.3 is 9.32 Å². The summed E-state index contributed by atoms with van der Waals surface area (Å²) in [6.07, 6.45) is 1.95. The summed E-state index contributed by atoms with van der Waals surface area (Å²) in [7, 11) is 0. The van der Waals surface area contributed by atoms with Crippen LogP contribution < -0.4 is 0 Å². The maximum atomic E-state index is 13.7. The second-order valence-corrected chi connectivity index (χ2v) is 6.98. The van der Waals surface area contributed by atoms with Crippen LogP contribution in [0.2, 0.25) is 0 Å². The summed E-state index contributed by atoms with van der Waals surface area (Å²) in [4.78, 5) is 15.1. The van der Waals surface area contributed by atoms with Crippen LogP contribution in [0.4, 0.5) is 4.39 Å². The molecule has 5 heteroatoms. The van der Waals surface area contributed by atoms with Crippen molar-refractivity contribution in [2.45, 2.75) is 24.4 Å². The molecule has 0 spiro atoms. The lowest BCUT2D eigenvalue weighted by atomic mass is 10.2. The molecule has 0 atom stereocenters. The molecule has 1 heterocycles. The molecule has 134 valence electrons. The van der Waals surface area contributed by atoms with Gasteiger partial charge >= 0.3 is 0 Å². The molecule has 0 fully saturated rings. The predicted molar refractivity (Wildman–Crippen MR) is 101 cm³/mol. The first-order valence-electron chi connectivity index (χ1n) is 8.44. The smallest absolute Gasteiger partial charge is 0.224 e. The van der Waals surface area contributed by atoms with E-state index in [0.717, 1.165) is 11.3 Å². The van der Waals surface area contributed by atoms with Crippen molar-refractivity contribution in [2.24, 2.45) is 0 Å². The van der Waals surface area contributed by atoms with Crippen molar-refractivity contribution >= 4 is 17.7 Å². The molecule has 0 unspecified atom stereocenters. The summed E-state index contributed by atoms with van der Waals surface area (Å²) in [5.74, 6) is 1.05. The highest BCUT2D eigenvalue weighted by Gasteiger charge is 2.16. The van der Waals surface area contributed by atoms with E-state index in [-0.39, 0.29) is 11.7 Å². The fraction of sp³-hybridized carbons (Fsp3) is 0.190. The number of carbonyl (C=O) groups is 1. The predicted octanol–water partition coefficient (Wildman–Crippen LogP) is 5.13. The number of nitrogens with zero attached hydrogens (tertiary/aromatic N) is 1. The van der Waals surface area contributed by atoms with E-state index < -0.39 is 0 Å². The molecule has 3 rings (SSSR count). The number of hydrogen-bond acceptors (Lipinski definition) is 3. The van der Waals surface area contributed by atoms with E-state index >= 15 is 0 Å². The van der Waals surface area contributed by atoms with Gasteiger partial charge in [0.05, 0.1) is 12.8 Å². The maximum absolute atomic E-state index is 13.7. The Labute approximate surface area is 156 Å². The third-order valence-electron chi connectivity index (χ3n) is 3.91. The zero-order valence-electron chi connectivity index (χ0n) is 14.3. The van der Waals surface area contributed by atoms with Crippen LogP contribution in [0.25, 0.3) is 0 Å². The number of rotatable bonds is 8. The number of thioether (sulfide) groups is 1. The summed E-state index contributed by atoms with van der Waals surface area (Å²) < 4.78 is 19.1. The van der Waals surface area contributed by atoms with Crippen LogP contribution in [0.5, 0.6) is 0 Å². The van der Waals surface area contributed by atoms with Crippen molar-refractivity contribution in [1.82, 2.24) is 4.90 Å². The van der Waals surface area contributed by atoms with Gasteiger partial charge in [-0.05, 0) is 29.8 Å². The molecular formula is C21H20FNO2S. The first-order chi connectivity index (χ1) is 12.7. The van der Waals surface area contributed by atoms with Crippen molar-refractivity contribution in [2.75, 3.05) is 5.75 Å². The lowest BCUT2D eigenvalue weighted by Crippen LogP contribution is -2.30. The van der Waals surface area contributed by atoms with Crippen LogP contribution in [0.1, 0.15) is 17.7 Å². The molecule has 0 N–H and O–H groups in total. The zero-order valence-corrected chi connectivity index (χ0v) is 15.1. The van der Waals surface area contributed by atoms with Gasteiger partial charge in [-0.25, -0.2) is 4.39 Å². The minimum absolute atomic E-state index is 0.0223. The summed E-state index contributed by atoms with van der Waals surface area (Å²) >= 11 is 1.36. The van der Waals surface area contributed by atoms with Gasteiger partial charge in [0, 0.05) is 23.6 Å². The summed E-state index contributed by atoms with van der Waals surface area (Å²) in [5, 5.41) is 0. The Morgan fingerprint density at radius 2 is 1.73 bits per heavy atom. The van der Waals surface area contributed by atoms with Crippen molar-refractivity contribution in [3.63, 3.8) is 0 Å². The summed E-state index contributed by atoms with van der Waals surface area (Å²) in [6.45, 7) is 0.940. The SMILES string of the molecule is O=C(CCSc1ccccc1F)N(Cc1ccccc1)Cc1ccco1. The van der Waals surface area contributed by atoms with Gasteiger partial charge in [0.15, 0.2) is 0 Å². The molecule has 3 nitrogen and oxygen atoms in total. The van der Waals surface area contributed by atoms with Crippen LogP contribution in [0.3, 0.4) is 0 Å². The van der Waals surface area contributed by atoms with Crippen molar-refractivity contribution in [3.8, 4) is 0 Å². The number of benzene rings is 2. The number of hydrogen-bond donors (Lipinski definition) is 0. The normalized spacial score (nSPS) is 10.7. The Morgan fingerprint density at radius 1 is 0.962 bits per heavy atom. The molecule has 1 aromatic heterocycles. The van der Waals surface area contributed by atoms with Gasteiger partial charge in [0.1, 0.15) is 11.6 Å². The van der Waals surface area contributed by atoms with Crippen LogP contribution in [-0.2, 0) is 17.9 Å². The minimum Gasteiger partial charge on any atom is -0.467 e. The number of amides is 1. The van der Waals surface area contributed by atoms with Gasteiger partial charge in [-0.3, -0.25) is 4.79 Å². The van der Waals surface area contributed by atoms with Gasteiger partial charge in [0.25, 0.3) is 0 Å². The molecule has 0 aliphatic heterocycles. The number of halogens is 1. The molecule has 0 bridgehead atoms. The Kier molecular flexibility index (Phi) is 6.50. The summed E-state index contributed by atoms with van der Waals surface area (Å²) in [5.41, 5.74) is 1.06. The molecule has 0 radical (unpaired) electrons. The van der Waals surface area contributed by atoms with Gasteiger partial charge in [0.2, 0.25) is 5.91 Å². The highest BCUT2D eigenvalue weighted by molar-refractivity contribution is 7.99. The van der Waals surface area contributed by atoms with Crippen LogP contribution in [-0.4, -0.2) is 16.6 Å². The second kappa shape index (κ2) is 9.25. The van der Waals surface area contributed by atoms with Crippen LogP contribution >= 0.6 is 11.8 Å². The van der Waals surface area contributed by atoms with Crippen molar-refractivity contribution < 1.29 is 13.6 Å². The van der Waals surface area contributed by atoms with Gasteiger partial charge in [-0.1, -0.05) is 42.5 Å². The first-order valence-corrected chi connectivity index (χ1v) is 9.42. The van der Waals surface area contributed by atoms with Crippen molar-refractivity contribution in [1.29, 1.82) is 0 Å². The minimum atomic E-state index is -0.248. The van der Waals surface area contributed by atoms with E-state index in [2.05, 4.69) is 0 Å². The number of furan rings is 1. The molecule has 0 saturated carbocycles. The fourth-order valence-corrected chi connectivity index (χ4v) is 3.47. The Hall–Kier alpha value is -2.53. The third kappa shape index (κ3) is 5.23. The second-order valence-electron chi connectivity index (χ2n) is 5.84. The van der Waals surface area contributed by atoms with E-state index in [0.29, 0.717) is 30.2 Å². The lowest BCUT2D eigenvalue weighted by molar-refractivity contribution is -0.132. The quantitative estimate of drug-likeness (QED) is 0.516. The fourth-order valence-electron chi connectivity index (χ4n) is 2.59. The topological polar surface area (TPSA) is 33.5 Å². The van der Waals surface area contributed by atoms with Gasteiger partial charge in [-0.2, -0.15) is 0 Å². The van der Waals surface area contributed by atoms with Crippen molar-refractivity contribution in [3.05, 3.63) is 90.1 Å². The molecule has 26 heavy (non-hydrogen) atoms. The largest absolute Gasteiger partial charge is 0.467 e. The van der Waals surface area contributed by atoms with Crippen LogP contribution in [0.15, 0.2) is 82.3 Å². The van der Waals surface area contributed by atoms with Gasteiger partial charge in [-0.15, -0.1) is 11.8 Å². The first kappa shape index (κ1) is 18.3. The van der Waals surface area contributed by atoms with E-state index in [1.807, 2.05) is 42.5 Å². The highest BCUT2D eigenvalue weighted by atomic mass is 32.2. The molecule has 2 aromatic carbocycles. The molecule has 3 aromatic rings. The molecular weight excluding hydrogens is 349 g/mol. The van der Waals surface area contributed by atoms with E-state index in [1.165, 1.54) is 17.8 Å². The third-order valence-corrected chi connectivity index (χ3v) is 4.96. The molecule has 1 amide bonds. The summed E-state index contributed by atoms with van der Waals surface area (Å²) in [6, 6.07) is 20.2. The van der Waals surface area contributed by atoms with E-state index in [9.17, 15) is 9.18 Å². The molecule has 0 saturated heterocycles. The Bertz CT molecular complexity index is 821. The van der Waals surface area contributed by atoms with E-state index in [1.54, 1.807) is 29.4 Å². The average Bonchev–Trinajstić information content (AvgIpc) is 3.17. The lowest BCUT2D eigenvalue weighted by Gasteiger charge is -2.22. The Morgan fingerprint density at radius 3 is 2.46 bits per heavy atom. The van der Waals surface area contributed by atoms with Crippen LogP contribution in [0, 0.1) is 5.82 Å². The molecule has 0 aliphatic carbocycles. The number of carbonyl (C=O) groups excluding carboxylic acids is 1.